The maximum absolute atomic E-state index is 12.7. The Morgan fingerprint density at radius 3 is 2.71 bits per heavy atom. The van der Waals surface area contributed by atoms with E-state index in [1.54, 1.807) is 19.2 Å². The molecule has 1 N–H and O–H groups in total. The molecule has 2 heterocycles. The third-order valence-corrected chi connectivity index (χ3v) is 5.99. The van der Waals surface area contributed by atoms with Gasteiger partial charge in [0.25, 0.3) is 11.6 Å². The number of hydrogen-bond donors (Lipinski definition) is 1. The summed E-state index contributed by atoms with van der Waals surface area (Å²) in [6.45, 7) is 3.56. The maximum Gasteiger partial charge on any atom is 0.293 e. The van der Waals surface area contributed by atoms with Crippen LogP contribution in [-0.2, 0) is 0 Å². The van der Waals surface area contributed by atoms with Crippen LogP contribution in [-0.4, -0.2) is 36.0 Å². The van der Waals surface area contributed by atoms with E-state index in [1.165, 1.54) is 17.4 Å². The Morgan fingerprint density at radius 1 is 1.23 bits per heavy atom. The standard InChI is InChI=1S/C22H22N4O4S/c1-14-5-8-20(30-2)16(11-14)17-13-31-22(23-17)24-21(27)15-6-7-18(19(12-15)26(28)29)25-9-3-4-10-25/h5-8,11-13H,3-4,9-10H2,1-2H3,(H,23,24,27). The third kappa shape index (κ3) is 4.36. The molecule has 0 atom stereocenters. The van der Waals surface area contributed by atoms with Crippen LogP contribution in [0.2, 0.25) is 0 Å². The minimum Gasteiger partial charge on any atom is -0.496 e. The molecule has 1 amide bonds. The Bertz CT molecular complexity index is 1140. The van der Waals surface area contributed by atoms with Crippen molar-refractivity contribution in [2.24, 2.45) is 0 Å². The lowest BCUT2D eigenvalue weighted by atomic mass is 10.1. The Balaban J connectivity index is 1.56. The number of methoxy groups -OCH3 is 1. The Hall–Kier alpha value is -3.46. The number of nitrogens with one attached hydrogen (secondary N) is 1. The summed E-state index contributed by atoms with van der Waals surface area (Å²) in [6, 6.07) is 10.4. The van der Waals surface area contributed by atoms with Gasteiger partial charge in [-0.05, 0) is 44.0 Å². The molecule has 1 aromatic heterocycles. The van der Waals surface area contributed by atoms with Gasteiger partial charge in [-0.25, -0.2) is 4.98 Å². The van der Waals surface area contributed by atoms with Crippen molar-refractivity contribution in [1.82, 2.24) is 4.98 Å². The fourth-order valence-electron chi connectivity index (χ4n) is 3.68. The summed E-state index contributed by atoms with van der Waals surface area (Å²) in [5.74, 6) is 0.259. The van der Waals surface area contributed by atoms with E-state index in [1.807, 2.05) is 35.4 Å². The normalized spacial score (nSPS) is 13.3. The first-order chi connectivity index (χ1) is 15.0. The summed E-state index contributed by atoms with van der Waals surface area (Å²) in [5, 5.41) is 16.6. The number of nitro benzene ring substituents is 1. The molecule has 31 heavy (non-hydrogen) atoms. The van der Waals surface area contributed by atoms with Gasteiger partial charge in [-0.3, -0.25) is 20.2 Å². The second-order valence-electron chi connectivity index (χ2n) is 7.35. The highest BCUT2D eigenvalue weighted by Crippen LogP contribution is 2.34. The third-order valence-electron chi connectivity index (χ3n) is 5.24. The minimum atomic E-state index is -0.437. The highest BCUT2D eigenvalue weighted by molar-refractivity contribution is 7.14. The average Bonchev–Trinajstić information content (AvgIpc) is 3.45. The molecule has 1 saturated heterocycles. The van der Waals surface area contributed by atoms with E-state index in [-0.39, 0.29) is 11.3 Å². The first-order valence-corrected chi connectivity index (χ1v) is 10.8. The summed E-state index contributed by atoms with van der Waals surface area (Å²) in [5.41, 5.74) is 3.32. The number of hydrogen-bond acceptors (Lipinski definition) is 7. The Labute approximate surface area is 183 Å². The molecule has 2 aromatic carbocycles. The minimum absolute atomic E-state index is 0.0566. The number of rotatable bonds is 6. The summed E-state index contributed by atoms with van der Waals surface area (Å²) in [6.07, 6.45) is 2.02. The molecule has 0 spiro atoms. The lowest BCUT2D eigenvalue weighted by Gasteiger charge is -2.17. The quantitative estimate of drug-likeness (QED) is 0.435. The number of nitro groups is 1. The van der Waals surface area contributed by atoms with Gasteiger partial charge >= 0.3 is 0 Å². The van der Waals surface area contributed by atoms with Crippen molar-refractivity contribution in [2.45, 2.75) is 19.8 Å². The number of aromatic nitrogens is 1. The Kier molecular flexibility index (Phi) is 5.85. The van der Waals surface area contributed by atoms with Crippen molar-refractivity contribution in [2.75, 3.05) is 30.4 Å². The van der Waals surface area contributed by atoms with Crippen LogP contribution in [0.1, 0.15) is 28.8 Å². The zero-order valence-electron chi connectivity index (χ0n) is 17.3. The van der Waals surface area contributed by atoms with Gasteiger partial charge in [0.15, 0.2) is 5.13 Å². The fourth-order valence-corrected chi connectivity index (χ4v) is 4.39. The van der Waals surface area contributed by atoms with Gasteiger partial charge in [0, 0.05) is 35.7 Å². The molecule has 3 aromatic rings. The van der Waals surface area contributed by atoms with Gasteiger partial charge in [-0.2, -0.15) is 0 Å². The molecule has 8 nitrogen and oxygen atoms in total. The van der Waals surface area contributed by atoms with Crippen LogP contribution in [0.3, 0.4) is 0 Å². The van der Waals surface area contributed by atoms with Crippen molar-refractivity contribution < 1.29 is 14.5 Å². The average molecular weight is 439 g/mol. The van der Waals surface area contributed by atoms with Crippen LogP contribution >= 0.6 is 11.3 Å². The van der Waals surface area contributed by atoms with Gasteiger partial charge in [-0.15, -0.1) is 11.3 Å². The maximum atomic E-state index is 12.7. The first-order valence-electron chi connectivity index (χ1n) is 9.91. The van der Waals surface area contributed by atoms with Gasteiger partial charge in [0.1, 0.15) is 11.4 Å². The number of anilines is 2. The number of ether oxygens (including phenoxy) is 1. The molecule has 0 unspecified atom stereocenters. The summed E-state index contributed by atoms with van der Waals surface area (Å²) >= 11 is 1.29. The number of thiazole rings is 1. The zero-order valence-corrected chi connectivity index (χ0v) is 18.1. The van der Waals surface area contributed by atoms with Crippen molar-refractivity contribution in [3.8, 4) is 17.0 Å². The molecule has 0 bridgehead atoms. The number of carbonyl (C=O) groups is 1. The van der Waals surface area contributed by atoms with Gasteiger partial charge in [-0.1, -0.05) is 11.6 Å². The smallest absolute Gasteiger partial charge is 0.293 e. The number of aryl methyl sites for hydroxylation is 1. The van der Waals surface area contributed by atoms with Crippen molar-refractivity contribution in [3.63, 3.8) is 0 Å². The molecule has 1 aliphatic rings. The van der Waals surface area contributed by atoms with E-state index in [0.29, 0.717) is 22.3 Å². The van der Waals surface area contributed by atoms with Crippen molar-refractivity contribution >= 4 is 33.8 Å². The van der Waals surface area contributed by atoms with Gasteiger partial charge in [0.05, 0.1) is 17.7 Å². The fraction of sp³-hybridized carbons (Fsp3) is 0.273. The monoisotopic (exact) mass is 438 g/mol. The number of carbonyl (C=O) groups excluding carboxylic acids is 1. The molecule has 1 aliphatic heterocycles. The van der Waals surface area contributed by atoms with Gasteiger partial charge in [0.2, 0.25) is 0 Å². The SMILES string of the molecule is COc1ccc(C)cc1-c1csc(NC(=O)c2ccc(N3CCCC3)c([N+](=O)[O-])c2)n1. The second-order valence-corrected chi connectivity index (χ2v) is 8.21. The van der Waals surface area contributed by atoms with Crippen LogP contribution in [0.4, 0.5) is 16.5 Å². The lowest BCUT2D eigenvalue weighted by Crippen LogP contribution is -2.19. The van der Waals surface area contributed by atoms with Crippen LogP contribution < -0.4 is 15.0 Å². The van der Waals surface area contributed by atoms with Crippen LogP contribution in [0.15, 0.2) is 41.8 Å². The van der Waals surface area contributed by atoms with Crippen LogP contribution in [0.25, 0.3) is 11.3 Å². The summed E-state index contributed by atoms with van der Waals surface area (Å²) in [7, 11) is 1.60. The number of amides is 1. The number of benzene rings is 2. The van der Waals surface area contributed by atoms with Gasteiger partial charge < -0.3 is 9.64 Å². The largest absolute Gasteiger partial charge is 0.496 e. The molecule has 1 fully saturated rings. The summed E-state index contributed by atoms with van der Waals surface area (Å²) < 4.78 is 5.41. The predicted molar refractivity (Wildman–Crippen MR) is 121 cm³/mol. The van der Waals surface area contributed by atoms with E-state index < -0.39 is 10.8 Å². The van der Waals surface area contributed by atoms with E-state index >= 15 is 0 Å². The van der Waals surface area contributed by atoms with Crippen LogP contribution in [0, 0.1) is 17.0 Å². The number of nitrogens with zero attached hydrogens (tertiary/aromatic N) is 3. The topological polar surface area (TPSA) is 97.6 Å². The molecule has 0 aliphatic carbocycles. The molecule has 4 rings (SSSR count). The molecular formula is C22H22N4O4S. The predicted octanol–water partition coefficient (Wildman–Crippen LogP) is 4.89. The first kappa shape index (κ1) is 20.8. The molecule has 0 radical (unpaired) electrons. The molecule has 160 valence electrons. The Morgan fingerprint density at radius 2 is 2.00 bits per heavy atom. The van der Waals surface area contributed by atoms with Crippen LogP contribution in [0.5, 0.6) is 5.75 Å². The summed E-state index contributed by atoms with van der Waals surface area (Å²) in [4.78, 5) is 30.4. The molecule has 0 saturated carbocycles. The highest BCUT2D eigenvalue weighted by Gasteiger charge is 2.24. The van der Waals surface area contributed by atoms with E-state index in [0.717, 1.165) is 37.1 Å². The van der Waals surface area contributed by atoms with E-state index in [9.17, 15) is 14.9 Å². The van der Waals surface area contributed by atoms with Crippen molar-refractivity contribution in [1.29, 1.82) is 0 Å². The molecule has 9 heteroatoms. The highest BCUT2D eigenvalue weighted by atomic mass is 32.1. The molecular weight excluding hydrogens is 416 g/mol. The van der Waals surface area contributed by atoms with Crippen molar-refractivity contribution in [3.05, 3.63) is 63.0 Å². The second kappa shape index (κ2) is 8.73. The lowest BCUT2D eigenvalue weighted by molar-refractivity contribution is -0.384. The van der Waals surface area contributed by atoms with E-state index in [4.69, 9.17) is 4.74 Å². The van der Waals surface area contributed by atoms with E-state index in [2.05, 4.69) is 10.3 Å². The zero-order chi connectivity index (χ0) is 22.0.